The molecule has 118 valence electrons. The fraction of sp³-hybridized carbons (Fsp3) is 0.316. The lowest BCUT2D eigenvalue weighted by Gasteiger charge is -2.03. The molecule has 0 bridgehead atoms. The zero-order chi connectivity index (χ0) is 16.4. The molecule has 1 aromatic heterocycles. The monoisotopic (exact) mass is 314 g/mol. The van der Waals surface area contributed by atoms with Gasteiger partial charge >= 0.3 is 0 Å². The largest absolute Gasteiger partial charge is 0.241 e. The molecule has 1 aromatic carbocycles. The molecule has 2 rings (SSSR count). The van der Waals surface area contributed by atoms with Gasteiger partial charge < -0.3 is 0 Å². The lowest BCUT2D eigenvalue weighted by Crippen LogP contribution is -1.95. The average Bonchev–Trinajstić information content (AvgIpc) is 3.07. The Hall–Kier alpha value is -1.66. The second kappa shape index (κ2) is 10.1. The van der Waals surface area contributed by atoms with E-state index in [1.165, 1.54) is 16.7 Å². The summed E-state index contributed by atoms with van der Waals surface area (Å²) in [5, 5.41) is 4.16. The maximum atomic E-state index is 4.16. The molecule has 1 atom stereocenters. The molecule has 2 nitrogen and oxygen atoms in total. The summed E-state index contributed by atoms with van der Waals surface area (Å²) in [5.41, 5.74) is 5.24. The topological polar surface area (TPSA) is 17.8 Å². The van der Waals surface area contributed by atoms with Crippen molar-refractivity contribution in [2.45, 2.75) is 34.1 Å². The molecule has 2 aromatic rings. The van der Waals surface area contributed by atoms with E-state index < -0.39 is 0 Å². The lowest BCUT2D eigenvalue weighted by molar-refractivity contribution is 0.873. The van der Waals surface area contributed by atoms with E-state index in [-0.39, 0.29) is 0 Å². The van der Waals surface area contributed by atoms with Crippen LogP contribution in [0, 0.1) is 6.92 Å². The van der Waals surface area contributed by atoms with Crippen molar-refractivity contribution in [3.8, 4) is 5.69 Å². The van der Waals surface area contributed by atoms with Gasteiger partial charge in [-0.2, -0.15) is 5.10 Å². The fourth-order valence-electron chi connectivity index (χ4n) is 1.70. The average molecular weight is 314 g/mol. The molecule has 0 aliphatic carbocycles. The van der Waals surface area contributed by atoms with Crippen LogP contribution in [0.1, 0.15) is 32.8 Å². The maximum absolute atomic E-state index is 4.16. The highest BCUT2D eigenvalue weighted by Gasteiger charge is 1.97. The Kier molecular flexibility index (Phi) is 8.47. The summed E-state index contributed by atoms with van der Waals surface area (Å²) in [5.74, 6) is 0. The SMILES string of the molecule is CC/C(C)=C/C=C(\C)CP.Cc1ccccc1-n1cccn1. The van der Waals surface area contributed by atoms with E-state index in [0.717, 1.165) is 18.3 Å². The second-order valence-electron chi connectivity index (χ2n) is 5.32. The number of allylic oxidation sites excluding steroid dienone is 4. The van der Waals surface area contributed by atoms with Gasteiger partial charge in [-0.1, -0.05) is 48.4 Å². The summed E-state index contributed by atoms with van der Waals surface area (Å²) < 4.78 is 1.87. The van der Waals surface area contributed by atoms with E-state index >= 15 is 0 Å². The lowest BCUT2D eigenvalue weighted by atomic mass is 10.2. The first-order valence-corrected chi connectivity index (χ1v) is 8.48. The first-order valence-electron chi connectivity index (χ1n) is 7.67. The van der Waals surface area contributed by atoms with E-state index in [2.05, 4.69) is 66.3 Å². The van der Waals surface area contributed by atoms with E-state index in [0.29, 0.717) is 0 Å². The minimum Gasteiger partial charge on any atom is -0.241 e. The minimum atomic E-state index is 1.08. The van der Waals surface area contributed by atoms with Gasteiger partial charge in [-0.25, -0.2) is 4.68 Å². The van der Waals surface area contributed by atoms with Crippen LogP contribution in [-0.2, 0) is 0 Å². The van der Waals surface area contributed by atoms with Crippen molar-refractivity contribution in [1.29, 1.82) is 0 Å². The Morgan fingerprint density at radius 1 is 1.14 bits per heavy atom. The van der Waals surface area contributed by atoms with Crippen molar-refractivity contribution in [3.05, 3.63) is 71.6 Å². The third-order valence-corrected chi connectivity index (χ3v) is 4.04. The molecule has 0 aliphatic heterocycles. The Morgan fingerprint density at radius 2 is 1.82 bits per heavy atom. The molecule has 0 amide bonds. The molecule has 22 heavy (non-hydrogen) atoms. The third kappa shape index (κ3) is 6.41. The summed E-state index contributed by atoms with van der Waals surface area (Å²) in [6, 6.07) is 10.1. The van der Waals surface area contributed by atoms with Gasteiger partial charge in [0.15, 0.2) is 0 Å². The molecule has 0 fully saturated rings. The van der Waals surface area contributed by atoms with Crippen LogP contribution in [-0.4, -0.2) is 15.9 Å². The van der Waals surface area contributed by atoms with Gasteiger partial charge in [-0.15, -0.1) is 9.24 Å². The van der Waals surface area contributed by atoms with Crippen LogP contribution < -0.4 is 0 Å². The van der Waals surface area contributed by atoms with Gasteiger partial charge in [-0.3, -0.25) is 0 Å². The quantitative estimate of drug-likeness (QED) is 0.550. The van der Waals surface area contributed by atoms with E-state index in [1.807, 2.05) is 29.1 Å². The molecule has 3 heteroatoms. The molecule has 0 radical (unpaired) electrons. The number of aromatic nitrogens is 2. The van der Waals surface area contributed by atoms with Crippen LogP contribution in [0.5, 0.6) is 0 Å². The fourth-order valence-corrected chi connectivity index (χ4v) is 1.84. The van der Waals surface area contributed by atoms with E-state index in [4.69, 9.17) is 0 Å². The third-order valence-electron chi connectivity index (χ3n) is 3.40. The van der Waals surface area contributed by atoms with Gasteiger partial charge in [0.2, 0.25) is 0 Å². The molecular formula is C19H27N2P. The van der Waals surface area contributed by atoms with Crippen LogP contribution in [0.3, 0.4) is 0 Å². The predicted octanol–water partition coefficient (Wildman–Crippen LogP) is 5.34. The smallest absolute Gasteiger partial charge is 0.0674 e. The zero-order valence-electron chi connectivity index (χ0n) is 14.1. The molecule has 0 N–H and O–H groups in total. The number of benzene rings is 1. The van der Waals surface area contributed by atoms with Gasteiger partial charge in [-0.05, 0) is 51.1 Å². The van der Waals surface area contributed by atoms with Crippen molar-refractivity contribution in [2.75, 3.05) is 6.16 Å². The standard InChI is InChI=1S/C10H10N2.C9H17P/c1-9-5-2-3-6-10(9)12-8-4-7-11-12;1-4-8(2)5-6-9(3)7-10/h2-8H,1H3;5-6H,4,7,10H2,1-3H3/b;8-5+,9-6+. The molecule has 0 saturated heterocycles. The van der Waals surface area contributed by atoms with Crippen LogP contribution in [0.4, 0.5) is 0 Å². The molecular weight excluding hydrogens is 287 g/mol. The van der Waals surface area contributed by atoms with E-state index in [1.54, 1.807) is 6.20 Å². The Labute approximate surface area is 137 Å². The number of hydrogen-bond acceptors (Lipinski definition) is 1. The second-order valence-corrected chi connectivity index (χ2v) is 5.73. The molecule has 0 saturated carbocycles. The van der Waals surface area contributed by atoms with Crippen molar-refractivity contribution in [3.63, 3.8) is 0 Å². The predicted molar refractivity (Wildman–Crippen MR) is 101 cm³/mol. The van der Waals surface area contributed by atoms with Gasteiger partial charge in [0, 0.05) is 12.4 Å². The normalized spacial score (nSPS) is 11.9. The first-order chi connectivity index (χ1) is 10.6. The van der Waals surface area contributed by atoms with Crippen LogP contribution in [0.15, 0.2) is 66.0 Å². The van der Waals surface area contributed by atoms with Crippen molar-refractivity contribution < 1.29 is 0 Å². The number of rotatable bonds is 4. The van der Waals surface area contributed by atoms with Crippen molar-refractivity contribution >= 4 is 9.24 Å². The van der Waals surface area contributed by atoms with Gasteiger partial charge in [0.25, 0.3) is 0 Å². The van der Waals surface area contributed by atoms with Crippen molar-refractivity contribution in [2.24, 2.45) is 0 Å². The van der Waals surface area contributed by atoms with E-state index in [9.17, 15) is 0 Å². The Bertz CT molecular complexity index is 592. The highest BCUT2D eigenvalue weighted by atomic mass is 31.0. The molecule has 1 heterocycles. The Morgan fingerprint density at radius 3 is 2.36 bits per heavy atom. The summed E-state index contributed by atoms with van der Waals surface area (Å²) in [6.45, 7) is 8.56. The molecule has 1 unspecified atom stereocenters. The van der Waals surface area contributed by atoms with Crippen LogP contribution >= 0.6 is 9.24 Å². The number of para-hydroxylation sites is 1. The highest BCUT2D eigenvalue weighted by Crippen LogP contribution is 2.10. The number of nitrogens with zero attached hydrogens (tertiary/aromatic N) is 2. The summed E-state index contributed by atoms with van der Waals surface area (Å²) >= 11 is 0. The molecule has 0 aliphatic rings. The molecule has 0 spiro atoms. The summed E-state index contributed by atoms with van der Waals surface area (Å²) in [6.07, 6.45) is 10.3. The van der Waals surface area contributed by atoms with Crippen LogP contribution in [0.25, 0.3) is 5.69 Å². The van der Waals surface area contributed by atoms with Crippen molar-refractivity contribution in [1.82, 2.24) is 9.78 Å². The minimum absolute atomic E-state index is 1.08. The van der Waals surface area contributed by atoms with Gasteiger partial charge in [0.05, 0.1) is 5.69 Å². The summed E-state index contributed by atoms with van der Waals surface area (Å²) in [7, 11) is 2.72. The zero-order valence-corrected chi connectivity index (χ0v) is 15.2. The first kappa shape index (κ1) is 18.4. The van der Waals surface area contributed by atoms with Crippen LogP contribution in [0.2, 0.25) is 0 Å². The maximum Gasteiger partial charge on any atom is 0.0674 e. The highest BCUT2D eigenvalue weighted by molar-refractivity contribution is 7.16. The Balaban J connectivity index is 0.000000225. The number of hydrogen-bond donors (Lipinski definition) is 0. The number of aryl methyl sites for hydroxylation is 1. The van der Waals surface area contributed by atoms with Gasteiger partial charge in [0.1, 0.15) is 0 Å². The summed E-state index contributed by atoms with van der Waals surface area (Å²) in [4.78, 5) is 0.